The number of hydrogen-bond acceptors (Lipinski definition) is 10. The molecule has 6 rings (SSSR count). The molecule has 0 unspecified atom stereocenters. The van der Waals surface area contributed by atoms with E-state index < -0.39 is 47.9 Å². The number of carbonyl (C=O) groups is 4. The zero-order valence-corrected chi connectivity index (χ0v) is 23.6. The summed E-state index contributed by atoms with van der Waals surface area (Å²) in [5, 5.41) is 13.4. The molecule has 7 atom stereocenters. The fourth-order valence-corrected chi connectivity index (χ4v) is 6.98. The first-order valence-corrected chi connectivity index (χ1v) is 14.3. The molecule has 4 saturated heterocycles. The van der Waals surface area contributed by atoms with E-state index in [-0.39, 0.29) is 50.6 Å². The van der Waals surface area contributed by atoms with Gasteiger partial charge >= 0.3 is 5.97 Å². The molecule has 13 heteroatoms. The van der Waals surface area contributed by atoms with Crippen LogP contribution in [0.3, 0.4) is 0 Å². The van der Waals surface area contributed by atoms with Gasteiger partial charge < -0.3 is 34.4 Å². The molecule has 226 valence electrons. The third-order valence-corrected chi connectivity index (χ3v) is 8.92. The van der Waals surface area contributed by atoms with Crippen LogP contribution in [0.4, 0.5) is 0 Å². The lowest BCUT2D eigenvalue weighted by atomic mass is 9.62. The molecule has 5 aliphatic rings. The van der Waals surface area contributed by atoms with Crippen molar-refractivity contribution in [2.75, 3.05) is 40.6 Å². The van der Waals surface area contributed by atoms with E-state index in [0.717, 1.165) is 11.1 Å². The van der Waals surface area contributed by atoms with E-state index in [1.807, 2.05) is 24.3 Å². The summed E-state index contributed by atoms with van der Waals surface area (Å²) in [4.78, 5) is 63.1. The highest BCUT2D eigenvalue weighted by Gasteiger charge is 2.75. The van der Waals surface area contributed by atoms with Crippen LogP contribution < -0.4 is 5.32 Å². The SMILES string of the molecule is CN(C)C(=O)C=Cc1ccccc1CN1O[C@@H]2[C@H]3OCO[C@H]3[C@@H]3C[C@]2(C(=O)N2CCC[C@@H]2C(=O)NCCO)[C@@H]1C(=O)O3. The summed E-state index contributed by atoms with van der Waals surface area (Å²) in [6.45, 7) is 0.349. The lowest BCUT2D eigenvalue weighted by molar-refractivity contribution is -0.204. The number of carbonyl (C=O) groups excluding carboxylic acids is 4. The van der Waals surface area contributed by atoms with Crippen molar-refractivity contribution in [1.82, 2.24) is 20.2 Å². The number of hydroxylamine groups is 2. The summed E-state index contributed by atoms with van der Waals surface area (Å²) >= 11 is 0. The zero-order valence-electron chi connectivity index (χ0n) is 23.6. The first kappa shape index (κ1) is 28.7. The number of amides is 3. The number of likely N-dealkylation sites (N-methyl/N-ethyl adjacent to an activating group) is 1. The number of nitrogens with zero attached hydrogens (tertiary/aromatic N) is 3. The van der Waals surface area contributed by atoms with Crippen LogP contribution in [0.25, 0.3) is 6.08 Å². The molecule has 4 aliphatic heterocycles. The predicted octanol–water partition coefficient (Wildman–Crippen LogP) is -0.571. The van der Waals surface area contributed by atoms with Crippen LogP contribution >= 0.6 is 0 Å². The van der Waals surface area contributed by atoms with Gasteiger partial charge in [0.15, 0.2) is 6.04 Å². The first-order chi connectivity index (χ1) is 20.3. The van der Waals surface area contributed by atoms with E-state index in [4.69, 9.17) is 19.0 Å². The van der Waals surface area contributed by atoms with Gasteiger partial charge in [0, 0.05) is 39.7 Å². The number of nitrogens with one attached hydrogen (secondary N) is 1. The van der Waals surface area contributed by atoms with E-state index in [2.05, 4.69) is 5.32 Å². The molecule has 13 nitrogen and oxygen atoms in total. The molecule has 42 heavy (non-hydrogen) atoms. The van der Waals surface area contributed by atoms with Crippen molar-refractivity contribution in [2.45, 2.75) is 62.3 Å². The van der Waals surface area contributed by atoms with Gasteiger partial charge in [-0.2, -0.15) is 5.06 Å². The maximum absolute atomic E-state index is 14.7. The normalized spacial score (nSPS) is 33.5. The highest BCUT2D eigenvalue weighted by atomic mass is 16.8. The highest BCUT2D eigenvalue weighted by Crippen LogP contribution is 2.56. The standard InChI is InChI=1S/C29H36N4O9/c1-31(2)21(35)10-9-17-6-3-4-7-18(17)15-33-24-27(37)41-20-14-29(24,25(42-33)23-22(20)39-16-40-23)28(38)32-12-5-8-19(32)26(36)30-11-13-34/h3-4,6-7,9-10,19-20,22-25,34H,5,8,11-16H2,1-2H3,(H,30,36)/t19-,20+,22+,23+,24+,25-,29+/m1/s1. The van der Waals surface area contributed by atoms with Gasteiger partial charge in [0.05, 0.1) is 13.2 Å². The summed E-state index contributed by atoms with van der Waals surface area (Å²) < 4.78 is 17.6. The number of rotatable bonds is 8. The van der Waals surface area contributed by atoms with Crippen LogP contribution in [-0.4, -0.2) is 121 Å². The maximum atomic E-state index is 14.7. The molecular weight excluding hydrogens is 548 g/mol. The van der Waals surface area contributed by atoms with E-state index in [9.17, 15) is 24.3 Å². The fraction of sp³-hybridized carbons (Fsp3) is 0.586. The number of aliphatic hydroxyl groups is 1. The van der Waals surface area contributed by atoms with Gasteiger partial charge in [-0.1, -0.05) is 24.3 Å². The minimum Gasteiger partial charge on any atom is -0.458 e. The minimum absolute atomic E-state index is 0.0123. The fourth-order valence-electron chi connectivity index (χ4n) is 6.98. The van der Waals surface area contributed by atoms with Gasteiger partial charge in [-0.15, -0.1) is 0 Å². The second-order valence-corrected chi connectivity index (χ2v) is 11.5. The third kappa shape index (κ3) is 4.69. The Morgan fingerprint density at radius 3 is 2.76 bits per heavy atom. The second kappa shape index (κ2) is 11.4. The Kier molecular flexibility index (Phi) is 7.79. The van der Waals surface area contributed by atoms with Gasteiger partial charge in [-0.25, -0.2) is 0 Å². The molecule has 4 heterocycles. The van der Waals surface area contributed by atoms with E-state index in [1.54, 1.807) is 25.1 Å². The quantitative estimate of drug-likeness (QED) is 0.301. The average Bonchev–Trinajstić information content (AvgIpc) is 3.73. The van der Waals surface area contributed by atoms with Crippen molar-refractivity contribution in [1.29, 1.82) is 0 Å². The first-order valence-electron chi connectivity index (χ1n) is 14.3. The molecule has 5 fully saturated rings. The summed E-state index contributed by atoms with van der Waals surface area (Å²) in [6.07, 6.45) is 1.70. The predicted molar refractivity (Wildman–Crippen MR) is 145 cm³/mol. The van der Waals surface area contributed by atoms with Crippen LogP contribution in [0.2, 0.25) is 0 Å². The summed E-state index contributed by atoms with van der Waals surface area (Å²) in [6, 6.07) is 5.62. The van der Waals surface area contributed by atoms with E-state index in [1.165, 1.54) is 16.0 Å². The van der Waals surface area contributed by atoms with Crippen molar-refractivity contribution >= 4 is 29.8 Å². The van der Waals surface area contributed by atoms with Crippen LogP contribution in [0.1, 0.15) is 30.4 Å². The van der Waals surface area contributed by atoms with Crippen molar-refractivity contribution in [3.05, 3.63) is 41.5 Å². The Balaban J connectivity index is 1.35. The topological polar surface area (TPSA) is 147 Å². The van der Waals surface area contributed by atoms with Gasteiger partial charge in [0.2, 0.25) is 17.7 Å². The largest absolute Gasteiger partial charge is 0.458 e. The van der Waals surface area contributed by atoms with Crippen molar-refractivity contribution in [2.24, 2.45) is 5.41 Å². The molecule has 1 aromatic rings. The molecule has 0 spiro atoms. The molecule has 3 amide bonds. The van der Waals surface area contributed by atoms with Crippen LogP contribution in [0, 0.1) is 5.41 Å². The number of esters is 1. The number of benzene rings is 1. The number of hydrogen-bond donors (Lipinski definition) is 2. The number of ether oxygens (including phenoxy) is 3. The van der Waals surface area contributed by atoms with Crippen LogP contribution in [-0.2, 0) is 44.8 Å². The zero-order chi connectivity index (χ0) is 29.6. The van der Waals surface area contributed by atoms with Crippen LogP contribution in [0.5, 0.6) is 0 Å². The smallest absolute Gasteiger partial charge is 0.327 e. The van der Waals surface area contributed by atoms with Gasteiger partial charge in [0.25, 0.3) is 0 Å². The third-order valence-electron chi connectivity index (χ3n) is 8.92. The molecular formula is C29H36N4O9. The van der Waals surface area contributed by atoms with Crippen molar-refractivity contribution in [3.63, 3.8) is 0 Å². The van der Waals surface area contributed by atoms with Gasteiger partial charge in [0.1, 0.15) is 42.7 Å². The molecule has 2 bridgehead atoms. The Morgan fingerprint density at radius 1 is 1.19 bits per heavy atom. The molecule has 0 radical (unpaired) electrons. The number of likely N-dealkylation sites (tertiary alicyclic amines) is 1. The Bertz CT molecular complexity index is 1290. The number of fused-ring (bicyclic) bond motifs is 4. The van der Waals surface area contributed by atoms with Crippen molar-refractivity contribution < 1.29 is 43.3 Å². The lowest BCUT2D eigenvalue weighted by Crippen LogP contribution is -2.70. The summed E-state index contributed by atoms with van der Waals surface area (Å²) in [5.74, 6) is -1.45. The van der Waals surface area contributed by atoms with Gasteiger partial charge in [-0.05, 0) is 30.0 Å². The molecule has 1 aromatic carbocycles. The summed E-state index contributed by atoms with van der Waals surface area (Å²) in [5.41, 5.74) is 0.173. The summed E-state index contributed by atoms with van der Waals surface area (Å²) in [7, 11) is 3.33. The van der Waals surface area contributed by atoms with Crippen molar-refractivity contribution in [3.8, 4) is 0 Å². The van der Waals surface area contributed by atoms with E-state index >= 15 is 0 Å². The maximum Gasteiger partial charge on any atom is 0.327 e. The molecule has 1 aliphatic carbocycles. The molecule has 0 aromatic heterocycles. The molecule has 2 N–H and O–H groups in total. The number of aliphatic hydroxyl groups excluding tert-OH is 1. The molecule has 1 saturated carbocycles. The Labute approximate surface area is 243 Å². The monoisotopic (exact) mass is 584 g/mol. The van der Waals surface area contributed by atoms with E-state index in [0.29, 0.717) is 19.4 Å². The minimum atomic E-state index is -1.36. The Morgan fingerprint density at radius 2 is 1.98 bits per heavy atom. The van der Waals surface area contributed by atoms with Crippen LogP contribution in [0.15, 0.2) is 30.3 Å². The lowest BCUT2D eigenvalue weighted by Gasteiger charge is -2.50. The Hall–Kier alpha value is -3.36. The second-order valence-electron chi connectivity index (χ2n) is 11.5. The highest BCUT2D eigenvalue weighted by molar-refractivity contribution is 5.96. The van der Waals surface area contributed by atoms with Gasteiger partial charge in [-0.3, -0.25) is 24.0 Å². The average molecular weight is 585 g/mol.